The van der Waals surface area contributed by atoms with E-state index in [1.807, 2.05) is 37.3 Å². The molecule has 1 aromatic heterocycles. The van der Waals surface area contributed by atoms with Crippen LogP contribution in [0.4, 0.5) is 5.69 Å². The third-order valence-electron chi connectivity index (χ3n) is 4.86. The summed E-state index contributed by atoms with van der Waals surface area (Å²) in [4.78, 5) is 12.2. The molecule has 6 nitrogen and oxygen atoms in total. The first-order chi connectivity index (χ1) is 13.6. The average Bonchev–Trinajstić information content (AvgIpc) is 3.14. The van der Waals surface area contributed by atoms with Crippen molar-refractivity contribution in [3.63, 3.8) is 0 Å². The minimum absolute atomic E-state index is 0.0899. The summed E-state index contributed by atoms with van der Waals surface area (Å²) in [5.74, 6) is 2.25. The zero-order chi connectivity index (χ0) is 19.5. The molecule has 0 spiro atoms. The molecule has 1 aliphatic rings. The maximum atomic E-state index is 12.2. The van der Waals surface area contributed by atoms with Gasteiger partial charge in [-0.3, -0.25) is 4.79 Å². The molecule has 0 radical (unpaired) electrons. The Morgan fingerprint density at radius 3 is 2.96 bits per heavy atom. The van der Waals surface area contributed by atoms with Gasteiger partial charge in [0.05, 0.1) is 0 Å². The number of ether oxygens (including phenoxy) is 1. The summed E-state index contributed by atoms with van der Waals surface area (Å²) in [7, 11) is 0. The molecule has 7 heteroatoms. The molecule has 4 rings (SSSR count). The highest BCUT2D eigenvalue weighted by Gasteiger charge is 2.17. The van der Waals surface area contributed by atoms with Crippen LogP contribution in [0, 0.1) is 6.92 Å². The van der Waals surface area contributed by atoms with Crippen molar-refractivity contribution in [1.29, 1.82) is 0 Å². The lowest BCUT2D eigenvalue weighted by Gasteiger charge is -2.15. The molecule has 2 aromatic carbocycles. The Hall–Kier alpha value is -2.86. The molecular formula is C21H21ClN4O2. The van der Waals surface area contributed by atoms with E-state index in [2.05, 4.69) is 20.1 Å². The number of rotatable bonds is 5. The van der Waals surface area contributed by atoms with Crippen LogP contribution in [0.1, 0.15) is 24.2 Å². The van der Waals surface area contributed by atoms with Crippen molar-refractivity contribution >= 4 is 23.2 Å². The van der Waals surface area contributed by atoms with Crippen LogP contribution in [0.25, 0.3) is 11.4 Å². The number of aromatic nitrogens is 3. The van der Waals surface area contributed by atoms with Gasteiger partial charge in [0.1, 0.15) is 11.6 Å². The summed E-state index contributed by atoms with van der Waals surface area (Å²) in [6, 6.07) is 13.0. The molecule has 0 unspecified atom stereocenters. The second-order valence-corrected chi connectivity index (χ2v) is 7.23. The fraction of sp³-hybridized carbons (Fsp3) is 0.286. The molecule has 0 saturated carbocycles. The van der Waals surface area contributed by atoms with Crippen LogP contribution in [0.5, 0.6) is 5.75 Å². The number of halogens is 1. The van der Waals surface area contributed by atoms with Gasteiger partial charge in [0, 0.05) is 29.2 Å². The topological polar surface area (TPSA) is 69.0 Å². The summed E-state index contributed by atoms with van der Waals surface area (Å²) >= 11 is 6.09. The van der Waals surface area contributed by atoms with Crippen LogP contribution in [-0.2, 0) is 17.8 Å². The van der Waals surface area contributed by atoms with Gasteiger partial charge in [-0.1, -0.05) is 29.8 Å². The van der Waals surface area contributed by atoms with Gasteiger partial charge in [-0.05, 0) is 49.6 Å². The van der Waals surface area contributed by atoms with E-state index in [0.29, 0.717) is 16.5 Å². The monoisotopic (exact) mass is 396 g/mol. The number of nitrogens with zero attached hydrogens (tertiary/aromatic N) is 3. The smallest absolute Gasteiger partial charge is 0.262 e. The molecule has 2 heterocycles. The molecule has 0 bridgehead atoms. The third-order valence-corrected chi connectivity index (χ3v) is 5.27. The Kier molecular flexibility index (Phi) is 5.30. The molecule has 0 aliphatic carbocycles. The van der Waals surface area contributed by atoms with Crippen molar-refractivity contribution in [2.45, 2.75) is 32.7 Å². The Morgan fingerprint density at radius 1 is 1.21 bits per heavy atom. The molecule has 144 valence electrons. The normalized spacial score (nSPS) is 13.1. The highest BCUT2D eigenvalue weighted by Crippen LogP contribution is 2.26. The van der Waals surface area contributed by atoms with Crippen LogP contribution in [0.15, 0.2) is 42.5 Å². The van der Waals surface area contributed by atoms with E-state index in [4.69, 9.17) is 16.3 Å². The number of hydrogen-bond donors (Lipinski definition) is 1. The lowest BCUT2D eigenvalue weighted by atomic mass is 10.1. The fourth-order valence-corrected chi connectivity index (χ4v) is 3.50. The minimum Gasteiger partial charge on any atom is -0.484 e. The van der Waals surface area contributed by atoms with E-state index in [1.165, 1.54) is 0 Å². The number of amides is 1. The highest BCUT2D eigenvalue weighted by atomic mass is 35.5. The van der Waals surface area contributed by atoms with Crippen molar-refractivity contribution in [1.82, 2.24) is 14.8 Å². The van der Waals surface area contributed by atoms with E-state index in [1.54, 1.807) is 12.1 Å². The van der Waals surface area contributed by atoms with Crippen molar-refractivity contribution in [3.8, 4) is 17.1 Å². The molecule has 1 aliphatic heterocycles. The second-order valence-electron chi connectivity index (χ2n) is 6.83. The number of carbonyl (C=O) groups is 1. The number of hydrogen-bond acceptors (Lipinski definition) is 4. The largest absolute Gasteiger partial charge is 0.484 e. The van der Waals surface area contributed by atoms with E-state index in [-0.39, 0.29) is 12.5 Å². The Balaban J connectivity index is 1.43. The molecule has 0 atom stereocenters. The molecule has 1 amide bonds. The van der Waals surface area contributed by atoms with Crippen molar-refractivity contribution < 1.29 is 9.53 Å². The van der Waals surface area contributed by atoms with E-state index < -0.39 is 0 Å². The molecule has 1 N–H and O–H groups in total. The van der Waals surface area contributed by atoms with Crippen LogP contribution in [0.2, 0.25) is 5.02 Å². The SMILES string of the molecule is Cc1c(Cl)cccc1NC(=O)COc1cccc(-c2nnc3n2CCCC3)c1. The number of carbonyl (C=O) groups excluding carboxylic acids is 1. The van der Waals surface area contributed by atoms with Gasteiger partial charge in [0.2, 0.25) is 0 Å². The fourth-order valence-electron chi connectivity index (χ4n) is 3.32. The van der Waals surface area contributed by atoms with Crippen LogP contribution in [0.3, 0.4) is 0 Å². The summed E-state index contributed by atoms with van der Waals surface area (Å²) in [5.41, 5.74) is 2.45. The van der Waals surface area contributed by atoms with Crippen LogP contribution in [-0.4, -0.2) is 27.3 Å². The van der Waals surface area contributed by atoms with E-state index in [0.717, 1.165) is 48.6 Å². The zero-order valence-corrected chi connectivity index (χ0v) is 16.4. The van der Waals surface area contributed by atoms with Gasteiger partial charge in [-0.15, -0.1) is 10.2 Å². The van der Waals surface area contributed by atoms with Crippen LogP contribution < -0.4 is 10.1 Å². The van der Waals surface area contributed by atoms with Gasteiger partial charge in [0.25, 0.3) is 5.91 Å². The lowest BCUT2D eigenvalue weighted by Crippen LogP contribution is -2.20. The van der Waals surface area contributed by atoms with Gasteiger partial charge >= 0.3 is 0 Å². The van der Waals surface area contributed by atoms with Gasteiger partial charge in [0.15, 0.2) is 12.4 Å². The zero-order valence-electron chi connectivity index (χ0n) is 15.6. The first kappa shape index (κ1) is 18.5. The molecule has 28 heavy (non-hydrogen) atoms. The van der Waals surface area contributed by atoms with E-state index in [9.17, 15) is 4.79 Å². The van der Waals surface area contributed by atoms with Crippen molar-refractivity contribution in [2.24, 2.45) is 0 Å². The van der Waals surface area contributed by atoms with E-state index >= 15 is 0 Å². The Morgan fingerprint density at radius 2 is 2.07 bits per heavy atom. The Bertz CT molecular complexity index is 1020. The average molecular weight is 397 g/mol. The number of anilines is 1. The molecule has 0 saturated heterocycles. The molecule has 0 fully saturated rings. The highest BCUT2D eigenvalue weighted by molar-refractivity contribution is 6.31. The summed E-state index contributed by atoms with van der Waals surface area (Å²) < 4.78 is 7.85. The number of benzene rings is 2. The van der Waals surface area contributed by atoms with Gasteiger partial charge < -0.3 is 14.6 Å². The number of nitrogens with one attached hydrogen (secondary N) is 1. The standard InChI is InChI=1S/C21H21ClN4O2/c1-14-17(22)8-5-9-18(14)23-20(27)13-28-16-7-4-6-15(12-16)21-25-24-19-10-2-3-11-26(19)21/h4-9,12H,2-3,10-11,13H2,1H3,(H,23,27). The summed E-state index contributed by atoms with van der Waals surface area (Å²) in [6.45, 7) is 2.71. The Labute approximate surface area is 168 Å². The van der Waals surface area contributed by atoms with Gasteiger partial charge in [-0.2, -0.15) is 0 Å². The first-order valence-corrected chi connectivity index (χ1v) is 9.70. The quantitative estimate of drug-likeness (QED) is 0.699. The number of aryl methyl sites for hydroxylation is 1. The van der Waals surface area contributed by atoms with Crippen molar-refractivity contribution in [3.05, 3.63) is 58.9 Å². The predicted octanol–water partition coefficient (Wildman–Crippen LogP) is 4.26. The second kappa shape index (κ2) is 8.02. The maximum absolute atomic E-state index is 12.2. The predicted molar refractivity (Wildman–Crippen MR) is 109 cm³/mol. The molecular weight excluding hydrogens is 376 g/mol. The summed E-state index contributed by atoms with van der Waals surface area (Å²) in [6.07, 6.45) is 3.26. The molecule has 3 aromatic rings. The van der Waals surface area contributed by atoms with Crippen molar-refractivity contribution in [2.75, 3.05) is 11.9 Å². The van der Waals surface area contributed by atoms with Crippen LogP contribution >= 0.6 is 11.6 Å². The number of fused-ring (bicyclic) bond motifs is 1. The summed E-state index contributed by atoms with van der Waals surface area (Å²) in [5, 5.41) is 12.1. The van der Waals surface area contributed by atoms with Gasteiger partial charge in [-0.25, -0.2) is 0 Å². The maximum Gasteiger partial charge on any atom is 0.262 e. The third kappa shape index (κ3) is 3.87. The lowest BCUT2D eigenvalue weighted by molar-refractivity contribution is -0.118. The first-order valence-electron chi connectivity index (χ1n) is 9.32. The minimum atomic E-state index is -0.240.